The molecule has 0 aromatic heterocycles. The summed E-state index contributed by atoms with van der Waals surface area (Å²) in [5.74, 6) is 2.10. The van der Waals surface area contributed by atoms with Gasteiger partial charge in [0.1, 0.15) is 0 Å². The lowest BCUT2D eigenvalue weighted by Gasteiger charge is -2.15. The third-order valence-electron chi connectivity index (χ3n) is 5.49. The van der Waals surface area contributed by atoms with Crippen molar-refractivity contribution in [1.82, 2.24) is 5.43 Å². The highest BCUT2D eigenvalue weighted by atomic mass is 16.5. The average Bonchev–Trinajstić information content (AvgIpc) is 3.21. The van der Waals surface area contributed by atoms with Gasteiger partial charge in [-0.25, -0.2) is 5.43 Å². The van der Waals surface area contributed by atoms with Crippen molar-refractivity contribution in [1.29, 1.82) is 0 Å². The van der Waals surface area contributed by atoms with Gasteiger partial charge in [0.2, 0.25) is 5.91 Å². The number of fused-ring (bicyclic) bond motifs is 1. The van der Waals surface area contributed by atoms with Crippen LogP contribution in [0.1, 0.15) is 45.1 Å². The van der Waals surface area contributed by atoms with Gasteiger partial charge in [0.25, 0.3) is 0 Å². The third-order valence-corrected chi connectivity index (χ3v) is 5.49. The van der Waals surface area contributed by atoms with E-state index in [4.69, 9.17) is 9.47 Å². The summed E-state index contributed by atoms with van der Waals surface area (Å²) < 4.78 is 10.8. The molecule has 3 atom stereocenters. The van der Waals surface area contributed by atoms with Crippen LogP contribution in [-0.2, 0) is 4.79 Å². The van der Waals surface area contributed by atoms with Crippen LogP contribution in [0.25, 0.3) is 0 Å². The molecule has 2 fully saturated rings. The van der Waals surface area contributed by atoms with Gasteiger partial charge in [-0.15, -0.1) is 0 Å². The second-order valence-electron chi connectivity index (χ2n) is 6.91. The highest BCUT2D eigenvalue weighted by Gasteiger charge is 2.64. The molecule has 5 heteroatoms. The van der Waals surface area contributed by atoms with E-state index in [9.17, 15) is 4.79 Å². The van der Waals surface area contributed by atoms with Gasteiger partial charge in [0.15, 0.2) is 11.5 Å². The largest absolute Gasteiger partial charge is 0.493 e. The number of ether oxygens (including phenoxy) is 2. The number of amides is 1. The van der Waals surface area contributed by atoms with Crippen LogP contribution in [0.5, 0.6) is 11.5 Å². The van der Waals surface area contributed by atoms with Crippen LogP contribution >= 0.6 is 0 Å². The van der Waals surface area contributed by atoms with E-state index >= 15 is 0 Å². The number of benzene rings is 1. The Balaban J connectivity index is 1.59. The molecule has 0 radical (unpaired) electrons. The van der Waals surface area contributed by atoms with Crippen molar-refractivity contribution in [3.63, 3.8) is 0 Å². The number of methoxy groups -OCH3 is 1. The van der Waals surface area contributed by atoms with Crippen molar-refractivity contribution in [3.05, 3.63) is 23.8 Å². The Morgan fingerprint density at radius 3 is 2.92 bits per heavy atom. The quantitative estimate of drug-likeness (QED) is 0.642. The fourth-order valence-corrected chi connectivity index (χ4v) is 4.13. The summed E-state index contributed by atoms with van der Waals surface area (Å²) in [6, 6.07) is 5.59. The molecule has 2 aliphatic rings. The lowest BCUT2D eigenvalue weighted by atomic mass is 9.90. The number of carbonyl (C=O) groups excluding carboxylic acids is 1. The molecule has 2 saturated carbocycles. The summed E-state index contributed by atoms with van der Waals surface area (Å²) in [4.78, 5) is 12.4. The number of carbonyl (C=O) groups is 1. The first-order chi connectivity index (χ1) is 11.6. The summed E-state index contributed by atoms with van der Waals surface area (Å²) in [5, 5.41) is 4.12. The van der Waals surface area contributed by atoms with Gasteiger partial charge < -0.3 is 9.47 Å². The normalized spacial score (nSPS) is 28.3. The number of nitrogens with zero attached hydrogens (tertiary/aromatic N) is 1. The Morgan fingerprint density at radius 1 is 1.42 bits per heavy atom. The van der Waals surface area contributed by atoms with Gasteiger partial charge in [0, 0.05) is 5.92 Å². The molecule has 0 spiro atoms. The minimum absolute atomic E-state index is 0.0542. The Morgan fingerprint density at radius 2 is 2.25 bits per heavy atom. The minimum Gasteiger partial charge on any atom is -0.493 e. The van der Waals surface area contributed by atoms with E-state index < -0.39 is 0 Å². The van der Waals surface area contributed by atoms with Gasteiger partial charge >= 0.3 is 0 Å². The number of nitrogens with one attached hydrogen (secondary N) is 1. The van der Waals surface area contributed by atoms with Crippen molar-refractivity contribution in [3.8, 4) is 11.5 Å². The van der Waals surface area contributed by atoms with Crippen LogP contribution in [0.15, 0.2) is 23.3 Å². The van der Waals surface area contributed by atoms with Crippen molar-refractivity contribution in [2.75, 3.05) is 13.7 Å². The van der Waals surface area contributed by atoms with Crippen molar-refractivity contribution < 1.29 is 14.3 Å². The van der Waals surface area contributed by atoms with E-state index in [1.807, 2.05) is 25.1 Å². The zero-order valence-corrected chi connectivity index (χ0v) is 14.7. The predicted molar refractivity (Wildman–Crippen MR) is 93.5 cm³/mol. The monoisotopic (exact) mass is 330 g/mol. The van der Waals surface area contributed by atoms with Gasteiger partial charge in [0.05, 0.1) is 19.9 Å². The van der Waals surface area contributed by atoms with Crippen LogP contribution in [0, 0.1) is 17.3 Å². The number of hydrazone groups is 1. The number of hydrogen-bond acceptors (Lipinski definition) is 4. The van der Waals surface area contributed by atoms with Gasteiger partial charge in [-0.05, 0) is 54.9 Å². The van der Waals surface area contributed by atoms with Gasteiger partial charge in [-0.2, -0.15) is 5.10 Å². The highest BCUT2D eigenvalue weighted by Crippen LogP contribution is 2.66. The SMILES string of the molecule is CCOc1ccc(/C=N\NC(=O)[C@@H]2[C@H]3CCCC[C@]32C)cc1OC. The fourth-order valence-electron chi connectivity index (χ4n) is 4.13. The standard InChI is InChI=1S/C19H26N2O3/c1-4-24-15-9-8-13(11-16(15)23-3)12-20-21-18(22)17-14-7-5-6-10-19(14,17)2/h8-9,11-12,14,17H,4-7,10H2,1-3H3,(H,21,22)/b20-12-/t14-,17+,19-/m1/s1. The lowest BCUT2D eigenvalue weighted by Crippen LogP contribution is -2.22. The van der Waals surface area contributed by atoms with E-state index in [1.54, 1.807) is 13.3 Å². The first-order valence-electron chi connectivity index (χ1n) is 8.74. The Kier molecular flexibility index (Phi) is 4.78. The summed E-state index contributed by atoms with van der Waals surface area (Å²) in [6.45, 7) is 4.75. The molecule has 0 aliphatic heterocycles. The maximum absolute atomic E-state index is 12.4. The third kappa shape index (κ3) is 3.12. The van der Waals surface area contributed by atoms with Gasteiger partial charge in [-0.1, -0.05) is 19.8 Å². The molecule has 1 amide bonds. The molecule has 0 bridgehead atoms. The molecule has 0 heterocycles. The van der Waals surface area contributed by atoms with E-state index in [2.05, 4.69) is 17.5 Å². The van der Waals surface area contributed by atoms with Crippen LogP contribution in [0.4, 0.5) is 0 Å². The molecule has 130 valence electrons. The van der Waals surface area contributed by atoms with Crippen LogP contribution in [0.3, 0.4) is 0 Å². The maximum atomic E-state index is 12.4. The molecular formula is C19H26N2O3. The van der Waals surface area contributed by atoms with Crippen LogP contribution < -0.4 is 14.9 Å². The first-order valence-corrected chi connectivity index (χ1v) is 8.74. The van der Waals surface area contributed by atoms with Crippen molar-refractivity contribution in [2.24, 2.45) is 22.4 Å². The second-order valence-corrected chi connectivity index (χ2v) is 6.91. The second kappa shape index (κ2) is 6.83. The Hall–Kier alpha value is -2.04. The topological polar surface area (TPSA) is 59.9 Å². The molecule has 5 nitrogen and oxygen atoms in total. The van der Waals surface area contributed by atoms with Crippen molar-refractivity contribution >= 4 is 12.1 Å². The zero-order valence-electron chi connectivity index (χ0n) is 14.7. The highest BCUT2D eigenvalue weighted by molar-refractivity contribution is 5.86. The van der Waals surface area contributed by atoms with E-state index in [0.717, 1.165) is 12.0 Å². The van der Waals surface area contributed by atoms with E-state index in [-0.39, 0.29) is 17.2 Å². The number of rotatable bonds is 6. The van der Waals surface area contributed by atoms with Crippen molar-refractivity contribution in [2.45, 2.75) is 39.5 Å². The summed E-state index contributed by atoms with van der Waals surface area (Å²) >= 11 is 0. The minimum atomic E-state index is 0.0542. The molecule has 3 rings (SSSR count). The molecule has 1 aromatic carbocycles. The Labute approximate surface area is 143 Å². The van der Waals surface area contributed by atoms with E-state index in [1.165, 1.54) is 19.3 Å². The van der Waals surface area contributed by atoms with Gasteiger partial charge in [-0.3, -0.25) is 4.79 Å². The Bertz CT molecular complexity index is 643. The molecule has 24 heavy (non-hydrogen) atoms. The predicted octanol–water partition coefficient (Wildman–Crippen LogP) is 3.37. The van der Waals surface area contributed by atoms with Crippen LogP contribution in [-0.4, -0.2) is 25.8 Å². The lowest BCUT2D eigenvalue weighted by molar-refractivity contribution is -0.123. The molecule has 0 unspecified atom stereocenters. The molecular weight excluding hydrogens is 304 g/mol. The van der Waals surface area contributed by atoms with E-state index in [0.29, 0.717) is 24.0 Å². The number of hydrogen-bond donors (Lipinski definition) is 1. The fraction of sp³-hybridized carbons (Fsp3) is 0.579. The first kappa shape index (κ1) is 16.8. The molecule has 1 aromatic rings. The zero-order chi connectivity index (χ0) is 17.2. The summed E-state index contributed by atoms with van der Waals surface area (Å²) in [7, 11) is 1.61. The smallest absolute Gasteiger partial charge is 0.244 e. The summed E-state index contributed by atoms with van der Waals surface area (Å²) in [6.07, 6.45) is 6.47. The maximum Gasteiger partial charge on any atom is 0.244 e. The molecule has 2 aliphatic carbocycles. The molecule has 0 saturated heterocycles. The molecule has 1 N–H and O–H groups in total. The average molecular weight is 330 g/mol. The van der Waals surface area contributed by atoms with Crippen LogP contribution in [0.2, 0.25) is 0 Å². The summed E-state index contributed by atoms with van der Waals surface area (Å²) in [5.41, 5.74) is 3.78.